The molecule has 0 bridgehead atoms. The van der Waals surface area contributed by atoms with Gasteiger partial charge in [-0.3, -0.25) is 5.43 Å². The fourth-order valence-electron chi connectivity index (χ4n) is 3.07. The summed E-state index contributed by atoms with van der Waals surface area (Å²) in [5.74, 6) is -0.0573. The third-order valence-corrected chi connectivity index (χ3v) is 5.12. The number of pyridine rings is 1. The van der Waals surface area contributed by atoms with Crippen LogP contribution in [0.2, 0.25) is 5.02 Å². The number of hydrogen-bond acceptors (Lipinski definition) is 7. The van der Waals surface area contributed by atoms with Crippen molar-refractivity contribution < 1.29 is 23.5 Å². The number of anilines is 1. The molecule has 4 N–H and O–H groups in total. The summed E-state index contributed by atoms with van der Waals surface area (Å²) in [7, 11) is 1.49. The number of urea groups is 2. The van der Waals surface area contributed by atoms with Gasteiger partial charge in [-0.25, -0.2) is 23.9 Å². The van der Waals surface area contributed by atoms with E-state index in [0.717, 1.165) is 10.5 Å². The Hall–Kier alpha value is -4.09. The van der Waals surface area contributed by atoms with E-state index in [-0.39, 0.29) is 24.9 Å². The SMILES string of the molecule is COc1ccc(CN(C(=O)NCc2ccc(Cl)cc2)C(=O)NNNc2ccc(OC(C)C)c(F)c2)cn1. The zero-order chi connectivity index (χ0) is 26.8. The Bertz CT molecular complexity index is 1190. The van der Waals surface area contributed by atoms with Crippen molar-refractivity contribution in [1.29, 1.82) is 0 Å². The van der Waals surface area contributed by atoms with Gasteiger partial charge in [-0.15, -0.1) is 5.53 Å². The van der Waals surface area contributed by atoms with E-state index in [2.05, 4.69) is 26.7 Å². The zero-order valence-electron chi connectivity index (χ0n) is 20.5. The average molecular weight is 531 g/mol. The molecule has 1 heterocycles. The molecule has 2 aromatic carbocycles. The minimum Gasteiger partial charge on any atom is -0.488 e. The van der Waals surface area contributed by atoms with E-state index in [9.17, 15) is 14.0 Å². The van der Waals surface area contributed by atoms with Gasteiger partial charge < -0.3 is 20.2 Å². The molecule has 0 fully saturated rings. The molecule has 0 aliphatic heterocycles. The number of ether oxygens (including phenoxy) is 2. The van der Waals surface area contributed by atoms with Crippen LogP contribution >= 0.6 is 11.6 Å². The van der Waals surface area contributed by atoms with Crippen LogP contribution < -0.4 is 31.2 Å². The van der Waals surface area contributed by atoms with Gasteiger partial charge in [0.05, 0.1) is 25.4 Å². The van der Waals surface area contributed by atoms with Crippen LogP contribution in [0.25, 0.3) is 0 Å². The maximum atomic E-state index is 14.2. The third kappa shape index (κ3) is 8.51. The molecule has 37 heavy (non-hydrogen) atoms. The summed E-state index contributed by atoms with van der Waals surface area (Å²) in [4.78, 5) is 30.9. The molecule has 1 aromatic heterocycles. The van der Waals surface area contributed by atoms with E-state index >= 15 is 0 Å². The van der Waals surface area contributed by atoms with Gasteiger partial charge in [0.15, 0.2) is 11.6 Å². The first kappa shape index (κ1) is 27.5. The average Bonchev–Trinajstić information content (AvgIpc) is 2.88. The fourth-order valence-corrected chi connectivity index (χ4v) is 3.20. The van der Waals surface area contributed by atoms with Crippen LogP contribution in [0.5, 0.6) is 11.6 Å². The minimum absolute atomic E-state index is 0.0766. The maximum Gasteiger partial charge on any atom is 0.341 e. The lowest BCUT2D eigenvalue weighted by Crippen LogP contribution is -2.52. The smallest absolute Gasteiger partial charge is 0.341 e. The van der Waals surface area contributed by atoms with Gasteiger partial charge in [-0.1, -0.05) is 29.8 Å². The second kappa shape index (κ2) is 13.3. The van der Waals surface area contributed by atoms with E-state index in [4.69, 9.17) is 21.1 Å². The van der Waals surface area contributed by atoms with Crippen LogP contribution in [0.15, 0.2) is 60.8 Å². The number of hydrazine groups is 2. The summed E-state index contributed by atoms with van der Waals surface area (Å²) in [5, 5.41) is 3.28. The van der Waals surface area contributed by atoms with E-state index in [1.165, 1.54) is 25.4 Å². The van der Waals surface area contributed by atoms with E-state index in [1.54, 1.807) is 56.3 Å². The number of nitrogens with one attached hydrogen (secondary N) is 4. The fraction of sp³-hybridized carbons (Fsp3) is 0.240. The molecule has 0 aliphatic carbocycles. The number of methoxy groups -OCH3 is 1. The largest absolute Gasteiger partial charge is 0.488 e. The highest BCUT2D eigenvalue weighted by Crippen LogP contribution is 2.21. The second-order valence-electron chi connectivity index (χ2n) is 8.07. The van der Waals surface area contributed by atoms with E-state index < -0.39 is 17.9 Å². The molecule has 12 heteroatoms. The summed E-state index contributed by atoms with van der Waals surface area (Å²) in [6.07, 6.45) is 1.32. The van der Waals surface area contributed by atoms with Gasteiger partial charge in [0, 0.05) is 29.9 Å². The third-order valence-electron chi connectivity index (χ3n) is 4.87. The number of hydrogen-bond donors (Lipinski definition) is 4. The molecule has 0 radical (unpaired) electrons. The molecule has 0 aliphatic rings. The van der Waals surface area contributed by atoms with Crippen molar-refractivity contribution in [2.45, 2.75) is 33.0 Å². The maximum absolute atomic E-state index is 14.2. The number of carbonyl (C=O) groups is 2. The first-order valence-electron chi connectivity index (χ1n) is 11.3. The number of imide groups is 1. The molecule has 0 spiro atoms. The normalized spacial score (nSPS) is 10.5. The van der Waals surface area contributed by atoms with Gasteiger partial charge in [0.1, 0.15) is 0 Å². The first-order valence-corrected chi connectivity index (χ1v) is 11.7. The number of benzene rings is 2. The highest BCUT2D eigenvalue weighted by molar-refractivity contribution is 6.30. The van der Waals surface area contributed by atoms with Crippen LogP contribution in [-0.4, -0.2) is 35.2 Å². The predicted molar refractivity (Wildman–Crippen MR) is 137 cm³/mol. The molecule has 0 saturated heterocycles. The molecule has 4 amide bonds. The van der Waals surface area contributed by atoms with Crippen LogP contribution in [0.3, 0.4) is 0 Å². The van der Waals surface area contributed by atoms with Gasteiger partial charge in [0.2, 0.25) is 5.88 Å². The van der Waals surface area contributed by atoms with Gasteiger partial charge in [-0.05, 0) is 49.2 Å². The molecular weight excluding hydrogens is 503 g/mol. The lowest BCUT2D eigenvalue weighted by Gasteiger charge is -2.22. The number of halogens is 2. The number of rotatable bonds is 10. The highest BCUT2D eigenvalue weighted by atomic mass is 35.5. The monoisotopic (exact) mass is 530 g/mol. The number of aromatic nitrogens is 1. The highest BCUT2D eigenvalue weighted by Gasteiger charge is 2.22. The lowest BCUT2D eigenvalue weighted by molar-refractivity contribution is 0.181. The van der Waals surface area contributed by atoms with Gasteiger partial charge in [-0.2, -0.15) is 0 Å². The van der Waals surface area contributed by atoms with Crippen molar-refractivity contribution in [2.24, 2.45) is 0 Å². The van der Waals surface area contributed by atoms with Crippen LogP contribution in [-0.2, 0) is 13.1 Å². The zero-order valence-corrected chi connectivity index (χ0v) is 21.3. The van der Waals surface area contributed by atoms with Crippen molar-refractivity contribution in [2.75, 3.05) is 12.5 Å². The molecule has 10 nitrogen and oxygen atoms in total. The number of nitrogens with zero attached hydrogens (tertiary/aromatic N) is 2. The Balaban J connectivity index is 1.64. The summed E-state index contributed by atoms with van der Waals surface area (Å²) in [5.41, 5.74) is 9.23. The second-order valence-corrected chi connectivity index (χ2v) is 8.51. The molecule has 0 atom stereocenters. The summed E-state index contributed by atoms with van der Waals surface area (Å²) < 4.78 is 24.6. The molecule has 3 rings (SSSR count). The van der Waals surface area contributed by atoms with Gasteiger partial charge >= 0.3 is 12.1 Å². The van der Waals surface area contributed by atoms with Crippen LogP contribution in [0.4, 0.5) is 19.7 Å². The Morgan fingerprint density at radius 3 is 2.41 bits per heavy atom. The lowest BCUT2D eigenvalue weighted by atomic mass is 10.2. The number of carbonyl (C=O) groups excluding carboxylic acids is 2. The van der Waals surface area contributed by atoms with E-state index in [1.807, 2.05) is 0 Å². The topological polar surface area (TPSA) is 117 Å². The van der Waals surface area contributed by atoms with Crippen molar-refractivity contribution >= 4 is 29.4 Å². The van der Waals surface area contributed by atoms with Crippen molar-refractivity contribution in [3.05, 3.63) is 82.8 Å². The molecule has 196 valence electrons. The standard InChI is InChI=1S/C25H28ClFN6O4/c1-16(2)37-22-10-9-20(12-21(22)27)30-32-31-25(35)33(15-18-6-11-23(36-3)28-14-18)24(34)29-13-17-4-7-19(26)8-5-17/h4-12,14,16,30,32H,13,15H2,1-3H3,(H,29,34)(H,31,35). The Morgan fingerprint density at radius 2 is 1.78 bits per heavy atom. The first-order chi connectivity index (χ1) is 17.7. The Morgan fingerprint density at radius 1 is 1.05 bits per heavy atom. The summed E-state index contributed by atoms with van der Waals surface area (Å²) in [6.45, 7) is 3.69. The molecule has 3 aromatic rings. The van der Waals surface area contributed by atoms with Crippen LogP contribution in [0, 0.1) is 5.82 Å². The van der Waals surface area contributed by atoms with Crippen LogP contribution in [0.1, 0.15) is 25.0 Å². The predicted octanol–water partition coefficient (Wildman–Crippen LogP) is 4.62. The van der Waals surface area contributed by atoms with Gasteiger partial charge in [0.25, 0.3) is 0 Å². The van der Waals surface area contributed by atoms with E-state index in [0.29, 0.717) is 22.2 Å². The molecular formula is C25H28ClFN6O4. The van der Waals surface area contributed by atoms with Crippen molar-refractivity contribution in [1.82, 2.24) is 26.2 Å². The number of amides is 4. The minimum atomic E-state index is -0.767. The van der Waals surface area contributed by atoms with Crippen molar-refractivity contribution in [3.8, 4) is 11.6 Å². The summed E-state index contributed by atoms with van der Waals surface area (Å²) in [6, 6.07) is 13.1. The summed E-state index contributed by atoms with van der Waals surface area (Å²) >= 11 is 5.90. The quantitative estimate of drug-likeness (QED) is 0.282. The molecule has 0 unspecified atom stereocenters. The Labute approximate surface area is 219 Å². The Kier molecular flexibility index (Phi) is 9.87. The molecule has 0 saturated carbocycles. The van der Waals surface area contributed by atoms with Crippen molar-refractivity contribution in [3.63, 3.8) is 0 Å².